The lowest BCUT2D eigenvalue weighted by Gasteiger charge is -2.39. The van der Waals surface area contributed by atoms with E-state index in [9.17, 15) is 14.7 Å². The summed E-state index contributed by atoms with van der Waals surface area (Å²) in [6.07, 6.45) is 8.13. The number of carbonyl (C=O) groups excluding carboxylic acids is 2. The molecule has 1 fully saturated rings. The van der Waals surface area contributed by atoms with Gasteiger partial charge in [-0.1, -0.05) is 31.4 Å². The minimum absolute atomic E-state index is 0.0717. The number of methoxy groups -OCH3 is 1. The van der Waals surface area contributed by atoms with Gasteiger partial charge < -0.3 is 24.2 Å². The third-order valence-corrected chi connectivity index (χ3v) is 6.78. The molecule has 1 heterocycles. The summed E-state index contributed by atoms with van der Waals surface area (Å²) >= 11 is 0. The van der Waals surface area contributed by atoms with Gasteiger partial charge in [-0.25, -0.2) is 4.79 Å². The minimum Gasteiger partial charge on any atom is -0.465 e. The number of benzene rings is 1. The molecule has 1 aromatic rings. The summed E-state index contributed by atoms with van der Waals surface area (Å²) in [5, 5.41) is 9.44. The van der Waals surface area contributed by atoms with Gasteiger partial charge in [0.25, 0.3) is 5.91 Å². The molecular weight excluding hydrogens is 422 g/mol. The van der Waals surface area contributed by atoms with Gasteiger partial charge in [0.1, 0.15) is 0 Å². The maximum Gasteiger partial charge on any atom is 0.337 e. The summed E-state index contributed by atoms with van der Waals surface area (Å²) in [5.41, 5.74) is 1.43. The number of aliphatic hydroxyl groups is 1. The first-order chi connectivity index (χ1) is 16.0. The first kappa shape index (κ1) is 25.2. The van der Waals surface area contributed by atoms with Crippen molar-refractivity contribution in [2.45, 2.75) is 70.1 Å². The fraction of sp³-hybridized carbons (Fsp3) is 0.615. The molecule has 0 bridgehead atoms. The molecule has 1 N–H and O–H groups in total. The number of nitrogens with zero attached hydrogens (tertiary/aromatic N) is 1. The van der Waals surface area contributed by atoms with Crippen LogP contribution < -0.4 is 0 Å². The van der Waals surface area contributed by atoms with Gasteiger partial charge in [-0.15, -0.1) is 0 Å². The Labute approximate surface area is 196 Å². The van der Waals surface area contributed by atoms with Crippen LogP contribution in [-0.4, -0.2) is 61.6 Å². The highest BCUT2D eigenvalue weighted by atomic mass is 16.7. The zero-order chi connectivity index (χ0) is 23.8. The van der Waals surface area contributed by atoms with Crippen LogP contribution in [0.25, 0.3) is 0 Å². The number of esters is 1. The smallest absolute Gasteiger partial charge is 0.337 e. The lowest BCUT2D eigenvalue weighted by Crippen LogP contribution is -2.43. The van der Waals surface area contributed by atoms with E-state index in [1.54, 1.807) is 12.1 Å². The third kappa shape index (κ3) is 6.15. The van der Waals surface area contributed by atoms with Crippen LogP contribution in [0.15, 0.2) is 36.1 Å². The first-order valence-electron chi connectivity index (χ1n) is 12.1. The SMILES string of the molecule is CCO[C@@H]1OC(C(=O)N(C)C2CCCCC2)=C[C@H](c2ccc(C(=O)OC)cc2)[C@@H]1CCCO. The van der Waals surface area contributed by atoms with Gasteiger partial charge in [-0.2, -0.15) is 0 Å². The van der Waals surface area contributed by atoms with Crippen molar-refractivity contribution in [1.82, 2.24) is 4.90 Å². The number of aliphatic hydroxyl groups excluding tert-OH is 1. The average molecular weight is 460 g/mol. The van der Waals surface area contributed by atoms with Crippen LogP contribution in [0.2, 0.25) is 0 Å². The fourth-order valence-corrected chi connectivity index (χ4v) is 4.90. The summed E-state index contributed by atoms with van der Waals surface area (Å²) < 4.78 is 16.9. The molecule has 1 aliphatic carbocycles. The van der Waals surface area contributed by atoms with E-state index < -0.39 is 12.3 Å². The number of carbonyl (C=O) groups is 2. The molecule has 1 aliphatic heterocycles. The third-order valence-electron chi connectivity index (χ3n) is 6.78. The zero-order valence-electron chi connectivity index (χ0n) is 20.0. The molecule has 7 heteroatoms. The molecule has 0 unspecified atom stereocenters. The van der Waals surface area contributed by atoms with Crippen LogP contribution in [0.1, 0.15) is 73.7 Å². The second-order valence-corrected chi connectivity index (χ2v) is 8.85. The van der Waals surface area contributed by atoms with Gasteiger partial charge >= 0.3 is 5.97 Å². The van der Waals surface area contributed by atoms with E-state index in [0.29, 0.717) is 30.8 Å². The first-order valence-corrected chi connectivity index (χ1v) is 12.1. The van der Waals surface area contributed by atoms with Crippen LogP contribution >= 0.6 is 0 Å². The lowest BCUT2D eigenvalue weighted by atomic mass is 9.80. The Hall–Kier alpha value is -2.38. The molecule has 2 aliphatic rings. The summed E-state index contributed by atoms with van der Waals surface area (Å²) in [5.74, 6) is -0.421. The Morgan fingerprint density at radius 3 is 2.45 bits per heavy atom. The number of ether oxygens (including phenoxy) is 3. The van der Waals surface area contributed by atoms with Crippen LogP contribution in [0.4, 0.5) is 0 Å². The van der Waals surface area contributed by atoms with Gasteiger partial charge in [0, 0.05) is 38.1 Å². The van der Waals surface area contributed by atoms with Crippen molar-refractivity contribution in [3.05, 3.63) is 47.2 Å². The van der Waals surface area contributed by atoms with Crippen molar-refractivity contribution in [1.29, 1.82) is 0 Å². The van der Waals surface area contributed by atoms with Crippen LogP contribution in [0, 0.1) is 5.92 Å². The van der Waals surface area contributed by atoms with E-state index in [0.717, 1.165) is 31.2 Å². The number of likely N-dealkylation sites (N-methyl/N-ethyl adjacent to an activating group) is 1. The highest BCUT2D eigenvalue weighted by Gasteiger charge is 2.39. The molecule has 1 amide bonds. The van der Waals surface area contributed by atoms with E-state index in [-0.39, 0.29) is 30.4 Å². The summed E-state index contributed by atoms with van der Waals surface area (Å²) in [6, 6.07) is 7.48. The van der Waals surface area contributed by atoms with Crippen LogP contribution in [0.3, 0.4) is 0 Å². The second-order valence-electron chi connectivity index (χ2n) is 8.85. The highest BCUT2D eigenvalue weighted by Crippen LogP contribution is 2.40. The minimum atomic E-state index is -0.587. The normalized spacial score (nSPS) is 23.4. The van der Waals surface area contributed by atoms with Crippen molar-refractivity contribution in [2.24, 2.45) is 5.92 Å². The molecule has 0 saturated heterocycles. The number of hydrogen-bond donors (Lipinski definition) is 1. The van der Waals surface area contributed by atoms with Crippen LogP contribution in [0.5, 0.6) is 0 Å². The Balaban J connectivity index is 1.93. The van der Waals surface area contributed by atoms with E-state index in [2.05, 4.69) is 0 Å². The molecule has 7 nitrogen and oxygen atoms in total. The van der Waals surface area contributed by atoms with Crippen molar-refractivity contribution < 1.29 is 28.9 Å². The average Bonchev–Trinajstić information content (AvgIpc) is 2.87. The predicted molar refractivity (Wildman–Crippen MR) is 125 cm³/mol. The quantitative estimate of drug-likeness (QED) is 0.562. The number of hydrogen-bond acceptors (Lipinski definition) is 6. The summed E-state index contributed by atoms with van der Waals surface area (Å²) in [7, 11) is 3.21. The number of amides is 1. The molecule has 33 heavy (non-hydrogen) atoms. The summed E-state index contributed by atoms with van der Waals surface area (Å²) in [4.78, 5) is 27.1. The van der Waals surface area contributed by atoms with Gasteiger partial charge in [-0.3, -0.25) is 4.79 Å². The Morgan fingerprint density at radius 1 is 1.15 bits per heavy atom. The molecule has 0 aromatic heterocycles. The van der Waals surface area contributed by atoms with Crippen molar-refractivity contribution in [2.75, 3.05) is 27.4 Å². The van der Waals surface area contributed by atoms with E-state index in [1.807, 2.05) is 37.1 Å². The van der Waals surface area contributed by atoms with Gasteiger partial charge in [0.2, 0.25) is 6.29 Å². The monoisotopic (exact) mass is 459 g/mol. The summed E-state index contributed by atoms with van der Waals surface area (Å²) in [6.45, 7) is 2.43. The molecule has 0 spiro atoms. The number of rotatable bonds is 9. The molecule has 3 atom stereocenters. The highest BCUT2D eigenvalue weighted by molar-refractivity contribution is 5.92. The Kier molecular flexibility index (Phi) is 9.32. The molecule has 1 saturated carbocycles. The van der Waals surface area contributed by atoms with Crippen molar-refractivity contribution >= 4 is 11.9 Å². The van der Waals surface area contributed by atoms with E-state index >= 15 is 0 Å². The number of allylic oxidation sites excluding steroid dienone is 1. The molecule has 0 radical (unpaired) electrons. The molecule has 1 aromatic carbocycles. The molecule has 182 valence electrons. The van der Waals surface area contributed by atoms with E-state index in [4.69, 9.17) is 14.2 Å². The van der Waals surface area contributed by atoms with Gasteiger partial charge in [0.05, 0.1) is 12.7 Å². The maximum atomic E-state index is 13.4. The van der Waals surface area contributed by atoms with Crippen molar-refractivity contribution in [3.8, 4) is 0 Å². The zero-order valence-corrected chi connectivity index (χ0v) is 20.0. The topological polar surface area (TPSA) is 85.3 Å². The van der Waals surface area contributed by atoms with Gasteiger partial charge in [0.15, 0.2) is 5.76 Å². The Bertz CT molecular complexity index is 815. The fourth-order valence-electron chi connectivity index (χ4n) is 4.90. The maximum absolute atomic E-state index is 13.4. The van der Waals surface area contributed by atoms with Crippen LogP contribution in [-0.2, 0) is 19.0 Å². The molecular formula is C26H37NO6. The standard InChI is InChI=1S/C26H37NO6/c1-4-32-26-21(11-8-16-28)22(18-12-14-19(15-13-18)25(30)31-3)17-23(33-26)24(29)27(2)20-9-6-5-7-10-20/h12-15,17,20-22,26,28H,4-11,16H2,1-3H3/t21-,22+,26+/m0/s1. The second kappa shape index (κ2) is 12.2. The van der Waals surface area contributed by atoms with Crippen molar-refractivity contribution in [3.63, 3.8) is 0 Å². The molecule has 3 rings (SSSR count). The largest absolute Gasteiger partial charge is 0.465 e. The van der Waals surface area contributed by atoms with Gasteiger partial charge in [-0.05, 0) is 56.4 Å². The predicted octanol–water partition coefficient (Wildman–Crippen LogP) is 4.01. The Morgan fingerprint density at radius 2 is 1.85 bits per heavy atom. The lowest BCUT2D eigenvalue weighted by molar-refractivity contribution is -0.170. The van der Waals surface area contributed by atoms with E-state index in [1.165, 1.54) is 13.5 Å².